The second-order valence-corrected chi connectivity index (χ2v) is 7.28. The van der Waals surface area contributed by atoms with Gasteiger partial charge in [0.1, 0.15) is 5.82 Å². The van der Waals surface area contributed by atoms with Gasteiger partial charge >= 0.3 is 0 Å². The van der Waals surface area contributed by atoms with Gasteiger partial charge in [0.15, 0.2) is 5.78 Å². The number of fused-ring (bicyclic) bond motifs is 1. The summed E-state index contributed by atoms with van der Waals surface area (Å²) in [6, 6.07) is 14.7. The Morgan fingerprint density at radius 2 is 1.85 bits per heavy atom. The highest BCUT2D eigenvalue weighted by Gasteiger charge is 2.29. The number of imidazole rings is 1. The molecule has 0 bridgehead atoms. The van der Waals surface area contributed by atoms with Crippen molar-refractivity contribution in [2.24, 2.45) is 5.92 Å². The molecule has 0 saturated heterocycles. The molecule has 4 rings (SSSR count). The van der Waals surface area contributed by atoms with Gasteiger partial charge in [0, 0.05) is 29.5 Å². The second-order valence-electron chi connectivity index (χ2n) is 6.85. The molecule has 27 heavy (non-hydrogen) atoms. The number of amides is 1. The fraction of sp³-hybridized carbons (Fsp3) is 0.286. The van der Waals surface area contributed by atoms with Gasteiger partial charge in [-0.3, -0.25) is 9.59 Å². The molecule has 0 spiro atoms. The van der Waals surface area contributed by atoms with E-state index in [2.05, 4.69) is 10.3 Å². The highest BCUT2D eigenvalue weighted by atomic mass is 35.5. The van der Waals surface area contributed by atoms with Crippen LogP contribution >= 0.6 is 11.6 Å². The molecule has 6 heteroatoms. The van der Waals surface area contributed by atoms with Crippen LogP contribution in [0.2, 0.25) is 5.02 Å². The molecule has 2 aromatic carbocycles. The number of halogens is 1. The number of nitrogens with one attached hydrogen (secondary N) is 1. The number of nitrogens with zero attached hydrogens (tertiary/aromatic N) is 2. The van der Waals surface area contributed by atoms with Crippen molar-refractivity contribution in [3.63, 3.8) is 0 Å². The minimum atomic E-state index is -0.00177. The van der Waals surface area contributed by atoms with E-state index in [0.29, 0.717) is 23.6 Å². The topological polar surface area (TPSA) is 64.0 Å². The van der Waals surface area contributed by atoms with Crippen LogP contribution in [0.3, 0.4) is 0 Å². The SMILES string of the molecule is O=C(Cn1c(CCNC(=O)C2CC2)nc2ccccc21)c1ccc(Cl)cc1. The van der Waals surface area contributed by atoms with E-state index in [1.807, 2.05) is 28.8 Å². The Hall–Kier alpha value is -2.66. The molecular weight excluding hydrogens is 362 g/mol. The van der Waals surface area contributed by atoms with E-state index >= 15 is 0 Å². The number of Topliss-reactive ketones (excluding diaryl/α,β-unsaturated/α-hetero) is 1. The van der Waals surface area contributed by atoms with Crippen molar-refractivity contribution in [3.8, 4) is 0 Å². The minimum Gasteiger partial charge on any atom is -0.355 e. The van der Waals surface area contributed by atoms with Crippen molar-refractivity contribution in [1.29, 1.82) is 0 Å². The summed E-state index contributed by atoms with van der Waals surface area (Å²) in [5.41, 5.74) is 2.39. The molecule has 1 fully saturated rings. The van der Waals surface area contributed by atoms with Crippen LogP contribution < -0.4 is 5.32 Å². The molecule has 0 aliphatic heterocycles. The molecule has 3 aromatic rings. The van der Waals surface area contributed by atoms with E-state index in [0.717, 1.165) is 29.7 Å². The van der Waals surface area contributed by atoms with Gasteiger partial charge in [-0.25, -0.2) is 4.98 Å². The molecular formula is C21H20ClN3O2. The van der Waals surface area contributed by atoms with Gasteiger partial charge in [0.2, 0.25) is 5.91 Å². The van der Waals surface area contributed by atoms with Crippen molar-refractivity contribution < 1.29 is 9.59 Å². The first-order chi connectivity index (χ1) is 13.1. The predicted molar refractivity (Wildman–Crippen MR) is 105 cm³/mol. The summed E-state index contributed by atoms with van der Waals surface area (Å²) < 4.78 is 1.94. The molecule has 1 aliphatic carbocycles. The molecule has 138 valence electrons. The lowest BCUT2D eigenvalue weighted by Gasteiger charge is -2.10. The number of ketones is 1. The zero-order valence-corrected chi connectivity index (χ0v) is 15.6. The highest BCUT2D eigenvalue weighted by molar-refractivity contribution is 6.30. The Balaban J connectivity index is 1.54. The van der Waals surface area contributed by atoms with Crippen LogP contribution in [0.4, 0.5) is 0 Å². The van der Waals surface area contributed by atoms with Gasteiger partial charge in [-0.2, -0.15) is 0 Å². The molecule has 5 nitrogen and oxygen atoms in total. The zero-order valence-electron chi connectivity index (χ0n) is 14.8. The zero-order chi connectivity index (χ0) is 18.8. The van der Waals surface area contributed by atoms with Crippen molar-refractivity contribution in [1.82, 2.24) is 14.9 Å². The van der Waals surface area contributed by atoms with E-state index in [1.165, 1.54) is 0 Å². The minimum absolute atomic E-state index is 0.00177. The Bertz CT molecular complexity index is 990. The van der Waals surface area contributed by atoms with Crippen molar-refractivity contribution in [2.75, 3.05) is 6.54 Å². The summed E-state index contributed by atoms with van der Waals surface area (Å²) in [4.78, 5) is 29.2. The van der Waals surface area contributed by atoms with Crippen LogP contribution in [0.5, 0.6) is 0 Å². The van der Waals surface area contributed by atoms with E-state index in [4.69, 9.17) is 11.6 Å². The van der Waals surface area contributed by atoms with Gasteiger partial charge < -0.3 is 9.88 Å². The van der Waals surface area contributed by atoms with Gasteiger partial charge in [-0.15, -0.1) is 0 Å². The molecule has 1 aromatic heterocycles. The van der Waals surface area contributed by atoms with Crippen LogP contribution in [0.15, 0.2) is 48.5 Å². The largest absolute Gasteiger partial charge is 0.355 e. The number of hydrogen-bond donors (Lipinski definition) is 1. The van der Waals surface area contributed by atoms with Gasteiger partial charge in [0.05, 0.1) is 17.6 Å². The van der Waals surface area contributed by atoms with E-state index in [-0.39, 0.29) is 24.2 Å². The molecule has 0 radical (unpaired) electrons. The summed E-state index contributed by atoms with van der Waals surface area (Å²) >= 11 is 5.91. The van der Waals surface area contributed by atoms with Crippen molar-refractivity contribution in [2.45, 2.75) is 25.8 Å². The summed E-state index contributed by atoms with van der Waals surface area (Å²) in [6.45, 7) is 0.724. The third-order valence-corrected chi connectivity index (χ3v) is 5.05. The van der Waals surface area contributed by atoms with E-state index < -0.39 is 0 Å². The Morgan fingerprint density at radius 3 is 2.59 bits per heavy atom. The van der Waals surface area contributed by atoms with Crippen LogP contribution in [0.25, 0.3) is 11.0 Å². The lowest BCUT2D eigenvalue weighted by atomic mass is 10.1. The Kier molecular flexibility index (Phi) is 4.94. The van der Waals surface area contributed by atoms with Gasteiger partial charge in [0.25, 0.3) is 0 Å². The maximum atomic E-state index is 12.7. The number of aromatic nitrogens is 2. The Labute approximate surface area is 162 Å². The number of rotatable bonds is 7. The molecule has 1 N–H and O–H groups in total. The molecule has 1 saturated carbocycles. The van der Waals surface area contributed by atoms with E-state index in [1.54, 1.807) is 24.3 Å². The summed E-state index contributed by atoms with van der Waals surface area (Å²) in [6.07, 6.45) is 2.56. The normalized spacial score (nSPS) is 13.7. The lowest BCUT2D eigenvalue weighted by molar-refractivity contribution is -0.122. The van der Waals surface area contributed by atoms with Gasteiger partial charge in [-0.1, -0.05) is 23.7 Å². The third-order valence-electron chi connectivity index (χ3n) is 4.80. The monoisotopic (exact) mass is 381 g/mol. The average Bonchev–Trinajstić information content (AvgIpc) is 3.47. The third kappa shape index (κ3) is 4.03. The lowest BCUT2D eigenvalue weighted by Crippen LogP contribution is -2.28. The van der Waals surface area contributed by atoms with E-state index in [9.17, 15) is 9.59 Å². The Morgan fingerprint density at radius 1 is 1.11 bits per heavy atom. The second kappa shape index (κ2) is 7.53. The highest BCUT2D eigenvalue weighted by Crippen LogP contribution is 2.28. The first kappa shape index (κ1) is 17.7. The summed E-state index contributed by atoms with van der Waals surface area (Å²) in [5.74, 6) is 1.11. The summed E-state index contributed by atoms with van der Waals surface area (Å²) in [7, 11) is 0. The fourth-order valence-corrected chi connectivity index (χ4v) is 3.28. The number of carbonyl (C=O) groups excluding carboxylic acids is 2. The first-order valence-corrected chi connectivity index (χ1v) is 9.50. The van der Waals surface area contributed by atoms with Crippen LogP contribution in [-0.2, 0) is 17.8 Å². The smallest absolute Gasteiger partial charge is 0.223 e. The average molecular weight is 382 g/mol. The first-order valence-electron chi connectivity index (χ1n) is 9.12. The van der Waals surface area contributed by atoms with Crippen LogP contribution in [-0.4, -0.2) is 27.8 Å². The summed E-state index contributed by atoms with van der Waals surface area (Å²) in [5, 5.41) is 3.57. The molecule has 1 heterocycles. The van der Waals surface area contributed by atoms with Crippen LogP contribution in [0, 0.1) is 5.92 Å². The maximum Gasteiger partial charge on any atom is 0.223 e. The molecule has 1 amide bonds. The number of carbonyl (C=O) groups is 2. The van der Waals surface area contributed by atoms with Crippen molar-refractivity contribution in [3.05, 3.63) is 64.9 Å². The number of para-hydroxylation sites is 2. The predicted octanol–water partition coefficient (Wildman–Crippen LogP) is 3.64. The standard InChI is InChI=1S/C21H20ClN3O2/c22-16-9-7-14(8-10-16)19(26)13-25-18-4-2-1-3-17(18)24-20(25)11-12-23-21(27)15-5-6-15/h1-4,7-10,15H,5-6,11-13H2,(H,23,27). The van der Waals surface area contributed by atoms with Crippen molar-refractivity contribution >= 4 is 34.3 Å². The van der Waals surface area contributed by atoms with Gasteiger partial charge in [-0.05, 0) is 49.2 Å². The number of hydrogen-bond acceptors (Lipinski definition) is 3. The molecule has 0 atom stereocenters. The fourth-order valence-electron chi connectivity index (χ4n) is 3.15. The molecule has 0 unspecified atom stereocenters. The molecule has 1 aliphatic rings. The number of benzene rings is 2. The van der Waals surface area contributed by atoms with Crippen LogP contribution in [0.1, 0.15) is 29.0 Å². The quantitative estimate of drug-likeness (QED) is 0.635. The maximum absolute atomic E-state index is 12.7.